The van der Waals surface area contributed by atoms with E-state index in [4.69, 9.17) is 14.6 Å². The monoisotopic (exact) mass is 389 g/mol. The number of aliphatic carboxylic acids is 1. The zero-order valence-electron chi connectivity index (χ0n) is 12.5. The van der Waals surface area contributed by atoms with Crippen LogP contribution in [0.2, 0.25) is 0 Å². The van der Waals surface area contributed by atoms with Crippen LogP contribution >= 0.6 is 15.9 Å². The minimum Gasteiger partial charge on any atom is -0.481 e. The standard InChI is InChI=1S/C15H17BrFNO5/c1-9(23-13-3-2-10(17)6-12(13)16)15(21)18-4-5-22-11(8-18)7-14(19)20/h2-3,6,9,11H,4-5,7-8H2,1H3,(H,19,20). The van der Waals surface area contributed by atoms with E-state index in [2.05, 4.69) is 15.9 Å². The molecule has 0 aliphatic carbocycles. The Kier molecular flexibility index (Phi) is 5.95. The number of carbonyl (C=O) groups excluding carboxylic acids is 1. The number of halogens is 2. The number of rotatable bonds is 5. The van der Waals surface area contributed by atoms with Gasteiger partial charge in [-0.05, 0) is 41.1 Å². The average Bonchev–Trinajstić information content (AvgIpc) is 2.49. The summed E-state index contributed by atoms with van der Waals surface area (Å²) in [6, 6.07) is 3.94. The molecule has 8 heteroatoms. The van der Waals surface area contributed by atoms with Gasteiger partial charge in [0.25, 0.3) is 5.91 Å². The summed E-state index contributed by atoms with van der Waals surface area (Å²) in [6.45, 7) is 2.48. The third kappa shape index (κ3) is 4.90. The highest BCUT2D eigenvalue weighted by molar-refractivity contribution is 9.10. The first-order chi connectivity index (χ1) is 10.9. The third-order valence-electron chi connectivity index (χ3n) is 3.40. The number of carboxylic acids is 1. The number of benzene rings is 1. The second-order valence-electron chi connectivity index (χ2n) is 5.21. The third-order valence-corrected chi connectivity index (χ3v) is 4.02. The van der Waals surface area contributed by atoms with Crippen LogP contribution in [0.25, 0.3) is 0 Å². The van der Waals surface area contributed by atoms with Gasteiger partial charge < -0.3 is 19.5 Å². The summed E-state index contributed by atoms with van der Waals surface area (Å²) in [6.07, 6.45) is -1.45. The van der Waals surface area contributed by atoms with Gasteiger partial charge in [0.05, 0.1) is 23.6 Å². The largest absolute Gasteiger partial charge is 0.481 e. The molecule has 2 unspecified atom stereocenters. The van der Waals surface area contributed by atoms with Crippen molar-refractivity contribution in [2.45, 2.75) is 25.6 Å². The fourth-order valence-electron chi connectivity index (χ4n) is 2.31. The molecule has 126 valence electrons. The van der Waals surface area contributed by atoms with Crippen LogP contribution in [-0.4, -0.2) is 53.8 Å². The first-order valence-corrected chi connectivity index (χ1v) is 7.90. The van der Waals surface area contributed by atoms with Gasteiger partial charge in [0.15, 0.2) is 6.10 Å². The fourth-order valence-corrected chi connectivity index (χ4v) is 2.75. The lowest BCUT2D eigenvalue weighted by Gasteiger charge is -2.33. The number of ether oxygens (including phenoxy) is 2. The maximum atomic E-state index is 13.1. The molecule has 2 atom stereocenters. The van der Waals surface area contributed by atoms with E-state index in [1.165, 1.54) is 23.1 Å². The molecule has 6 nitrogen and oxygen atoms in total. The molecule has 0 bridgehead atoms. The summed E-state index contributed by atoms with van der Waals surface area (Å²) < 4.78 is 24.4. The molecule has 1 fully saturated rings. The maximum absolute atomic E-state index is 13.1. The lowest BCUT2D eigenvalue weighted by molar-refractivity contribution is -0.151. The summed E-state index contributed by atoms with van der Waals surface area (Å²) in [5, 5.41) is 8.80. The van der Waals surface area contributed by atoms with E-state index in [9.17, 15) is 14.0 Å². The van der Waals surface area contributed by atoms with Crippen molar-refractivity contribution >= 4 is 27.8 Å². The molecule has 0 spiro atoms. The van der Waals surface area contributed by atoms with E-state index in [1.54, 1.807) is 6.92 Å². The smallest absolute Gasteiger partial charge is 0.306 e. The molecule has 1 N–H and O–H groups in total. The molecule has 1 aromatic carbocycles. The Morgan fingerprint density at radius 2 is 2.30 bits per heavy atom. The molecular formula is C15H17BrFNO5. The Labute approximate surface area is 141 Å². The highest BCUT2D eigenvalue weighted by Crippen LogP contribution is 2.26. The van der Waals surface area contributed by atoms with E-state index in [0.29, 0.717) is 16.8 Å². The van der Waals surface area contributed by atoms with Crippen LogP contribution < -0.4 is 4.74 Å². The highest BCUT2D eigenvalue weighted by Gasteiger charge is 2.29. The van der Waals surface area contributed by atoms with Gasteiger partial charge in [-0.3, -0.25) is 9.59 Å². The molecule has 23 heavy (non-hydrogen) atoms. The lowest BCUT2D eigenvalue weighted by atomic mass is 10.2. The summed E-state index contributed by atoms with van der Waals surface area (Å²) in [7, 11) is 0. The Balaban J connectivity index is 1.97. The van der Waals surface area contributed by atoms with Crippen LogP contribution in [-0.2, 0) is 14.3 Å². The first kappa shape index (κ1) is 17.7. The molecule has 1 aliphatic rings. The number of hydrogen-bond donors (Lipinski definition) is 1. The molecule has 0 radical (unpaired) electrons. The van der Waals surface area contributed by atoms with Crippen molar-refractivity contribution in [3.05, 3.63) is 28.5 Å². The number of amides is 1. The maximum Gasteiger partial charge on any atom is 0.306 e. The molecule has 1 aliphatic heterocycles. The lowest BCUT2D eigenvalue weighted by Crippen LogP contribution is -2.50. The van der Waals surface area contributed by atoms with Crippen molar-refractivity contribution in [2.75, 3.05) is 19.7 Å². The summed E-state index contributed by atoms with van der Waals surface area (Å²) in [4.78, 5) is 24.7. The normalized spacial score (nSPS) is 19.3. The number of carbonyl (C=O) groups is 2. The van der Waals surface area contributed by atoms with E-state index in [1.807, 2.05) is 0 Å². The van der Waals surface area contributed by atoms with E-state index >= 15 is 0 Å². The molecule has 1 saturated heterocycles. The highest BCUT2D eigenvalue weighted by atomic mass is 79.9. The SMILES string of the molecule is CC(Oc1ccc(F)cc1Br)C(=O)N1CCOC(CC(=O)O)C1. The Hall–Kier alpha value is -1.67. The van der Waals surface area contributed by atoms with Gasteiger partial charge in [0, 0.05) is 13.1 Å². The molecule has 1 heterocycles. The Bertz CT molecular complexity index is 597. The minimum absolute atomic E-state index is 0.150. The topological polar surface area (TPSA) is 76.1 Å². The molecule has 0 aromatic heterocycles. The zero-order chi connectivity index (χ0) is 17.0. The summed E-state index contributed by atoms with van der Waals surface area (Å²) >= 11 is 3.18. The van der Waals surface area contributed by atoms with E-state index in [0.717, 1.165) is 0 Å². The fraction of sp³-hybridized carbons (Fsp3) is 0.467. The quantitative estimate of drug-likeness (QED) is 0.833. The minimum atomic E-state index is -0.969. The predicted octanol–water partition coefficient (Wildman–Crippen LogP) is 2.06. The number of morpholine rings is 1. The van der Waals surface area contributed by atoms with Crippen molar-refractivity contribution in [2.24, 2.45) is 0 Å². The average molecular weight is 390 g/mol. The van der Waals surface area contributed by atoms with Crippen LogP contribution in [0.3, 0.4) is 0 Å². The van der Waals surface area contributed by atoms with E-state index in [-0.39, 0.29) is 25.5 Å². The van der Waals surface area contributed by atoms with Crippen LogP contribution in [0.1, 0.15) is 13.3 Å². The zero-order valence-corrected chi connectivity index (χ0v) is 14.1. The van der Waals surface area contributed by atoms with Gasteiger partial charge in [0.2, 0.25) is 0 Å². The van der Waals surface area contributed by atoms with Crippen molar-refractivity contribution in [1.82, 2.24) is 4.90 Å². The van der Waals surface area contributed by atoms with Gasteiger partial charge in [0.1, 0.15) is 11.6 Å². The first-order valence-electron chi connectivity index (χ1n) is 7.10. The molecule has 1 aromatic rings. The number of carboxylic acid groups (broad SMARTS) is 1. The Morgan fingerprint density at radius 1 is 1.57 bits per heavy atom. The number of nitrogens with zero attached hydrogens (tertiary/aromatic N) is 1. The molecular weight excluding hydrogens is 373 g/mol. The predicted molar refractivity (Wildman–Crippen MR) is 82.8 cm³/mol. The van der Waals surface area contributed by atoms with Gasteiger partial charge >= 0.3 is 5.97 Å². The summed E-state index contributed by atoms with van der Waals surface area (Å²) in [5.74, 6) is -1.28. The van der Waals surface area contributed by atoms with Gasteiger partial charge in [-0.15, -0.1) is 0 Å². The Morgan fingerprint density at radius 3 is 2.96 bits per heavy atom. The molecule has 0 saturated carbocycles. The van der Waals surface area contributed by atoms with Crippen LogP contribution in [0.5, 0.6) is 5.75 Å². The van der Waals surface area contributed by atoms with Crippen LogP contribution in [0, 0.1) is 5.82 Å². The van der Waals surface area contributed by atoms with Gasteiger partial charge in [-0.2, -0.15) is 0 Å². The van der Waals surface area contributed by atoms with Crippen molar-refractivity contribution < 1.29 is 28.6 Å². The molecule has 2 rings (SSSR count). The summed E-state index contributed by atoms with van der Waals surface area (Å²) in [5.41, 5.74) is 0. The van der Waals surface area contributed by atoms with Crippen molar-refractivity contribution in [3.8, 4) is 5.75 Å². The second-order valence-corrected chi connectivity index (χ2v) is 6.06. The van der Waals surface area contributed by atoms with Crippen molar-refractivity contribution in [3.63, 3.8) is 0 Å². The van der Waals surface area contributed by atoms with Crippen LogP contribution in [0.4, 0.5) is 4.39 Å². The molecule has 1 amide bonds. The van der Waals surface area contributed by atoms with Crippen molar-refractivity contribution in [1.29, 1.82) is 0 Å². The van der Waals surface area contributed by atoms with Crippen LogP contribution in [0.15, 0.2) is 22.7 Å². The van der Waals surface area contributed by atoms with Gasteiger partial charge in [-0.1, -0.05) is 0 Å². The second kappa shape index (κ2) is 7.74. The van der Waals surface area contributed by atoms with Gasteiger partial charge in [-0.25, -0.2) is 4.39 Å². The number of hydrogen-bond acceptors (Lipinski definition) is 4. The van der Waals surface area contributed by atoms with E-state index < -0.39 is 24.0 Å².